The maximum atomic E-state index is 13.3. The van der Waals surface area contributed by atoms with Crippen LogP contribution in [0.5, 0.6) is 0 Å². The maximum absolute atomic E-state index is 13.3. The SMILES string of the molecule is Cc1ccc(S(=O)(=O)N=[S@](C)(=O)[C@H]2C[C@H](C)CC[C@H]2C(C)C)cc1. The summed E-state index contributed by atoms with van der Waals surface area (Å²) in [6.45, 7) is 8.29. The zero-order valence-corrected chi connectivity index (χ0v) is 16.9. The number of hydrogen-bond donors (Lipinski definition) is 0. The average Bonchev–Trinajstić information content (AvgIpc) is 2.46. The molecule has 0 spiro atoms. The zero-order valence-electron chi connectivity index (χ0n) is 15.2. The van der Waals surface area contributed by atoms with Gasteiger partial charge in [-0.25, -0.2) is 4.21 Å². The molecular weight excluding hydrogens is 342 g/mol. The molecular formula is C18H29NO3S2. The summed E-state index contributed by atoms with van der Waals surface area (Å²) in [7, 11) is -6.74. The fourth-order valence-electron chi connectivity index (χ4n) is 3.62. The van der Waals surface area contributed by atoms with Crippen LogP contribution in [0.15, 0.2) is 32.9 Å². The Bertz CT molecular complexity index is 788. The van der Waals surface area contributed by atoms with Crippen LogP contribution in [0.1, 0.15) is 45.6 Å². The highest BCUT2D eigenvalue weighted by Gasteiger charge is 2.37. The van der Waals surface area contributed by atoms with Crippen LogP contribution in [0.2, 0.25) is 0 Å². The van der Waals surface area contributed by atoms with Gasteiger partial charge in [-0.3, -0.25) is 0 Å². The van der Waals surface area contributed by atoms with Crippen molar-refractivity contribution in [2.24, 2.45) is 21.5 Å². The number of hydrogen-bond acceptors (Lipinski definition) is 3. The Hall–Kier alpha value is -0.880. The van der Waals surface area contributed by atoms with Gasteiger partial charge >= 0.3 is 0 Å². The first-order chi connectivity index (χ1) is 11.0. The van der Waals surface area contributed by atoms with Crippen molar-refractivity contribution in [3.05, 3.63) is 29.8 Å². The minimum Gasteiger partial charge on any atom is -0.249 e. The summed E-state index contributed by atoms with van der Waals surface area (Å²) in [6, 6.07) is 6.54. The number of aryl methyl sites for hydroxylation is 1. The van der Waals surface area contributed by atoms with Gasteiger partial charge in [0.05, 0.1) is 14.6 Å². The Morgan fingerprint density at radius 1 is 1.08 bits per heavy atom. The van der Waals surface area contributed by atoms with Crippen LogP contribution in [0, 0.1) is 24.7 Å². The van der Waals surface area contributed by atoms with E-state index in [1.54, 1.807) is 12.1 Å². The van der Waals surface area contributed by atoms with Crippen molar-refractivity contribution in [2.75, 3.05) is 6.26 Å². The summed E-state index contributed by atoms with van der Waals surface area (Å²) >= 11 is 0. The van der Waals surface area contributed by atoms with Crippen molar-refractivity contribution < 1.29 is 12.6 Å². The van der Waals surface area contributed by atoms with Gasteiger partial charge in [-0.1, -0.05) is 44.9 Å². The van der Waals surface area contributed by atoms with Crippen molar-refractivity contribution >= 4 is 19.8 Å². The standard InChI is InChI=1S/C18H29NO3S2/c1-13(2)17-11-8-15(4)12-18(17)23(5,20)19-24(21,22)16-9-6-14(3)7-10-16/h6-7,9-10,13,15,17-18H,8,11-12H2,1-5H3/t15-,17+,18+,23-/m1/s1. The van der Waals surface area contributed by atoms with Crippen LogP contribution in [-0.2, 0) is 19.8 Å². The van der Waals surface area contributed by atoms with Gasteiger partial charge in [0, 0.05) is 11.5 Å². The summed E-state index contributed by atoms with van der Waals surface area (Å²) in [4.78, 5) is 0.118. The highest BCUT2D eigenvalue weighted by Crippen LogP contribution is 2.38. The molecule has 1 aromatic carbocycles. The third kappa shape index (κ3) is 4.39. The Kier molecular flexibility index (Phi) is 5.80. The van der Waals surface area contributed by atoms with Crippen LogP contribution in [0.25, 0.3) is 0 Å². The molecule has 0 heterocycles. The van der Waals surface area contributed by atoms with Crippen LogP contribution >= 0.6 is 0 Å². The lowest BCUT2D eigenvalue weighted by Gasteiger charge is -2.37. The molecule has 1 fully saturated rings. The number of sulfonamides is 1. The van der Waals surface area contributed by atoms with Crippen molar-refractivity contribution in [1.29, 1.82) is 0 Å². The first-order valence-corrected chi connectivity index (χ1v) is 12.0. The lowest BCUT2D eigenvalue weighted by molar-refractivity contribution is 0.240. The molecule has 1 aromatic rings. The molecule has 0 radical (unpaired) electrons. The average molecular weight is 372 g/mol. The van der Waals surface area contributed by atoms with Gasteiger partial charge in [0.2, 0.25) is 0 Å². The molecule has 2 rings (SSSR count). The quantitative estimate of drug-likeness (QED) is 0.795. The molecule has 136 valence electrons. The van der Waals surface area contributed by atoms with Crippen LogP contribution in [0.4, 0.5) is 0 Å². The highest BCUT2D eigenvalue weighted by molar-refractivity contribution is 8.03. The fourth-order valence-corrected chi connectivity index (χ4v) is 8.23. The predicted molar refractivity (Wildman–Crippen MR) is 100.0 cm³/mol. The second-order valence-electron chi connectivity index (χ2n) is 7.59. The van der Waals surface area contributed by atoms with Crippen molar-refractivity contribution in [3.63, 3.8) is 0 Å². The van der Waals surface area contributed by atoms with E-state index < -0.39 is 19.8 Å². The Morgan fingerprint density at radius 3 is 2.21 bits per heavy atom. The van der Waals surface area contributed by atoms with E-state index in [-0.39, 0.29) is 16.1 Å². The molecule has 0 bridgehead atoms. The molecule has 4 nitrogen and oxygen atoms in total. The molecule has 0 amide bonds. The van der Waals surface area contributed by atoms with E-state index in [1.165, 1.54) is 18.4 Å². The largest absolute Gasteiger partial charge is 0.290 e. The second-order valence-corrected chi connectivity index (χ2v) is 11.9. The Balaban J connectivity index is 2.44. The topological polar surface area (TPSA) is 63.6 Å². The van der Waals surface area contributed by atoms with Gasteiger partial charge in [0.1, 0.15) is 0 Å². The van der Waals surface area contributed by atoms with E-state index in [0.29, 0.717) is 11.8 Å². The Labute approximate surface area is 147 Å². The van der Waals surface area contributed by atoms with Gasteiger partial charge in [-0.2, -0.15) is 8.42 Å². The molecule has 1 saturated carbocycles. The Morgan fingerprint density at radius 2 is 1.67 bits per heavy atom. The highest BCUT2D eigenvalue weighted by atomic mass is 32.3. The zero-order chi connectivity index (χ0) is 18.1. The number of nitrogens with zero attached hydrogens (tertiary/aromatic N) is 1. The van der Waals surface area contributed by atoms with E-state index in [0.717, 1.165) is 24.8 Å². The van der Waals surface area contributed by atoms with Crippen LogP contribution in [0.3, 0.4) is 0 Å². The number of rotatable bonds is 4. The normalized spacial score (nSPS) is 27.7. The van der Waals surface area contributed by atoms with Gasteiger partial charge in [-0.05, 0) is 49.7 Å². The summed E-state index contributed by atoms with van der Waals surface area (Å²) in [5.74, 6) is 1.10. The molecule has 24 heavy (non-hydrogen) atoms. The van der Waals surface area contributed by atoms with Crippen molar-refractivity contribution in [1.82, 2.24) is 0 Å². The first-order valence-electron chi connectivity index (χ1n) is 8.57. The molecule has 1 aliphatic rings. The summed E-state index contributed by atoms with van der Waals surface area (Å²) < 4.78 is 42.5. The van der Waals surface area contributed by atoms with Crippen molar-refractivity contribution in [3.8, 4) is 0 Å². The third-order valence-electron chi connectivity index (χ3n) is 5.09. The van der Waals surface area contributed by atoms with Gasteiger partial charge < -0.3 is 0 Å². The smallest absolute Gasteiger partial charge is 0.249 e. The fraction of sp³-hybridized carbons (Fsp3) is 0.667. The van der Waals surface area contributed by atoms with Gasteiger partial charge in [0.25, 0.3) is 10.0 Å². The third-order valence-corrected chi connectivity index (χ3v) is 9.59. The molecule has 6 heteroatoms. The maximum Gasteiger partial charge on any atom is 0.290 e. The van der Waals surface area contributed by atoms with Crippen molar-refractivity contribution in [2.45, 2.75) is 57.1 Å². The van der Waals surface area contributed by atoms with E-state index in [1.807, 2.05) is 6.92 Å². The molecule has 0 aliphatic heterocycles. The van der Waals surface area contributed by atoms with E-state index in [4.69, 9.17) is 0 Å². The molecule has 0 saturated heterocycles. The molecule has 1 aliphatic carbocycles. The van der Waals surface area contributed by atoms with Gasteiger partial charge in [0.15, 0.2) is 0 Å². The van der Waals surface area contributed by atoms with E-state index in [9.17, 15) is 12.6 Å². The predicted octanol–water partition coefficient (Wildman–Crippen LogP) is 4.24. The summed E-state index contributed by atoms with van der Waals surface area (Å²) in [5, 5.41) is -0.165. The molecule has 0 unspecified atom stereocenters. The lowest BCUT2D eigenvalue weighted by atomic mass is 9.77. The molecule has 0 N–H and O–H groups in total. The van der Waals surface area contributed by atoms with Crippen LogP contribution in [-0.4, -0.2) is 24.1 Å². The summed E-state index contributed by atoms with van der Waals surface area (Å²) in [6.07, 6.45) is 4.41. The minimum absolute atomic E-state index is 0.118. The lowest BCUT2D eigenvalue weighted by Crippen LogP contribution is -2.37. The summed E-state index contributed by atoms with van der Waals surface area (Å²) in [5.41, 5.74) is 0.979. The molecule has 0 aromatic heterocycles. The van der Waals surface area contributed by atoms with Crippen LogP contribution < -0.4 is 0 Å². The number of benzene rings is 1. The second kappa shape index (κ2) is 7.16. The van der Waals surface area contributed by atoms with E-state index >= 15 is 0 Å². The minimum atomic E-state index is -3.90. The van der Waals surface area contributed by atoms with E-state index in [2.05, 4.69) is 24.5 Å². The molecule has 4 atom stereocenters. The first kappa shape index (κ1) is 19.4. The monoisotopic (exact) mass is 371 g/mol. The van der Waals surface area contributed by atoms with Gasteiger partial charge in [-0.15, -0.1) is 3.77 Å².